The Morgan fingerprint density at radius 3 is 2.68 bits per heavy atom. The van der Waals surface area contributed by atoms with Gasteiger partial charge in [0.05, 0.1) is 17.6 Å². The van der Waals surface area contributed by atoms with Gasteiger partial charge in [-0.2, -0.15) is 5.26 Å². The average Bonchev–Trinajstić information content (AvgIpc) is 2.36. The molecule has 0 aromatic rings. The Morgan fingerprint density at radius 1 is 1.37 bits per heavy atom. The number of amides is 1. The first kappa shape index (κ1) is 17.8. The van der Waals surface area contributed by atoms with Crippen molar-refractivity contribution in [2.24, 2.45) is 5.92 Å². The minimum Gasteiger partial charge on any atom is -0.481 e. The molecule has 0 spiro atoms. The number of nitrogens with zero attached hydrogens (tertiary/aromatic N) is 1. The number of rotatable bonds is 11. The van der Waals surface area contributed by atoms with Gasteiger partial charge in [-0.1, -0.05) is 19.8 Å². The molecule has 0 aromatic heterocycles. The van der Waals surface area contributed by atoms with Crippen LogP contribution in [0, 0.1) is 17.2 Å². The van der Waals surface area contributed by atoms with E-state index in [1.807, 2.05) is 6.07 Å². The van der Waals surface area contributed by atoms with Gasteiger partial charge in [0, 0.05) is 13.0 Å². The molecule has 0 bridgehead atoms. The van der Waals surface area contributed by atoms with E-state index >= 15 is 0 Å². The highest BCUT2D eigenvalue weighted by atomic mass is 32.2. The Hall–Kier alpha value is -1.22. The third-order valence-electron chi connectivity index (χ3n) is 2.74. The van der Waals surface area contributed by atoms with Gasteiger partial charge in [-0.05, 0) is 18.8 Å². The van der Waals surface area contributed by atoms with E-state index in [0.717, 1.165) is 19.3 Å². The van der Waals surface area contributed by atoms with E-state index in [-0.39, 0.29) is 12.3 Å². The Kier molecular flexibility index (Phi) is 11.1. The number of carbonyl (C=O) groups excluding carboxylic acids is 1. The number of carboxylic acids is 1. The van der Waals surface area contributed by atoms with Crippen LogP contribution in [0.4, 0.5) is 0 Å². The minimum atomic E-state index is -0.766. The molecule has 0 aliphatic heterocycles. The van der Waals surface area contributed by atoms with Gasteiger partial charge >= 0.3 is 5.97 Å². The van der Waals surface area contributed by atoms with Crippen LogP contribution in [0.5, 0.6) is 0 Å². The largest absolute Gasteiger partial charge is 0.481 e. The number of nitrogens with one attached hydrogen (secondary N) is 1. The first-order chi connectivity index (χ1) is 9.10. The summed E-state index contributed by atoms with van der Waals surface area (Å²) in [6.45, 7) is 2.65. The molecular formula is C13H22N2O3S. The number of aliphatic carboxylic acids is 1. The summed E-state index contributed by atoms with van der Waals surface area (Å²) in [4.78, 5) is 21.9. The van der Waals surface area contributed by atoms with Crippen LogP contribution in [-0.4, -0.2) is 35.0 Å². The molecule has 0 aliphatic carbocycles. The molecule has 0 heterocycles. The maximum Gasteiger partial charge on any atom is 0.303 e. The average molecular weight is 286 g/mol. The van der Waals surface area contributed by atoms with Crippen LogP contribution >= 0.6 is 11.8 Å². The van der Waals surface area contributed by atoms with Crippen LogP contribution in [0.2, 0.25) is 0 Å². The molecule has 5 nitrogen and oxygen atoms in total. The van der Waals surface area contributed by atoms with E-state index in [4.69, 9.17) is 10.4 Å². The maximum atomic E-state index is 11.4. The van der Waals surface area contributed by atoms with Crippen molar-refractivity contribution >= 4 is 23.6 Å². The predicted molar refractivity (Wildman–Crippen MR) is 75.8 cm³/mol. The monoisotopic (exact) mass is 286 g/mol. The molecule has 108 valence electrons. The number of carbonyl (C=O) groups is 2. The zero-order valence-electron chi connectivity index (χ0n) is 11.4. The zero-order valence-corrected chi connectivity index (χ0v) is 12.2. The van der Waals surface area contributed by atoms with Gasteiger partial charge in [-0.3, -0.25) is 9.59 Å². The number of hydrogen-bond donors (Lipinski definition) is 2. The summed E-state index contributed by atoms with van der Waals surface area (Å²) in [6.07, 6.45) is 3.69. The smallest absolute Gasteiger partial charge is 0.303 e. The SMILES string of the molecule is CCCC(CCNC(=O)CSCC#N)CCC(=O)O. The van der Waals surface area contributed by atoms with Gasteiger partial charge < -0.3 is 10.4 Å². The highest BCUT2D eigenvalue weighted by molar-refractivity contribution is 8.00. The van der Waals surface area contributed by atoms with Crippen molar-refractivity contribution in [1.82, 2.24) is 5.32 Å². The summed E-state index contributed by atoms with van der Waals surface area (Å²) in [5.41, 5.74) is 0. The van der Waals surface area contributed by atoms with Gasteiger partial charge in [0.15, 0.2) is 0 Å². The van der Waals surface area contributed by atoms with E-state index < -0.39 is 5.97 Å². The molecule has 2 N–H and O–H groups in total. The summed E-state index contributed by atoms with van der Waals surface area (Å²) in [6, 6.07) is 1.97. The lowest BCUT2D eigenvalue weighted by Crippen LogP contribution is -2.27. The number of carboxylic acid groups (broad SMARTS) is 1. The van der Waals surface area contributed by atoms with Gasteiger partial charge in [-0.15, -0.1) is 11.8 Å². The Morgan fingerprint density at radius 2 is 2.11 bits per heavy atom. The van der Waals surface area contributed by atoms with Gasteiger partial charge in [0.2, 0.25) is 5.91 Å². The van der Waals surface area contributed by atoms with Crippen LogP contribution in [0.15, 0.2) is 0 Å². The molecule has 0 aromatic carbocycles. The highest BCUT2D eigenvalue weighted by Gasteiger charge is 2.10. The Bertz CT molecular complexity index is 316. The van der Waals surface area contributed by atoms with E-state index in [1.165, 1.54) is 11.8 Å². The fourth-order valence-corrected chi connectivity index (χ4v) is 2.31. The summed E-state index contributed by atoms with van der Waals surface area (Å²) >= 11 is 1.29. The fraction of sp³-hybridized carbons (Fsp3) is 0.769. The molecule has 0 saturated heterocycles. The number of nitriles is 1. The van der Waals surface area contributed by atoms with Crippen LogP contribution < -0.4 is 5.32 Å². The van der Waals surface area contributed by atoms with E-state index in [0.29, 0.717) is 30.4 Å². The number of thioether (sulfide) groups is 1. The van der Waals surface area contributed by atoms with E-state index in [9.17, 15) is 9.59 Å². The molecular weight excluding hydrogens is 264 g/mol. The predicted octanol–water partition coefficient (Wildman–Crippen LogP) is 2.03. The molecule has 0 saturated carbocycles. The zero-order chi connectivity index (χ0) is 14.5. The molecule has 0 fully saturated rings. The molecule has 1 amide bonds. The molecule has 1 unspecified atom stereocenters. The van der Waals surface area contributed by atoms with Crippen LogP contribution in [0.3, 0.4) is 0 Å². The van der Waals surface area contributed by atoms with Crippen molar-refractivity contribution in [3.63, 3.8) is 0 Å². The third kappa shape index (κ3) is 11.6. The normalized spacial score (nSPS) is 11.6. The van der Waals surface area contributed by atoms with Crippen LogP contribution in [-0.2, 0) is 9.59 Å². The third-order valence-corrected chi connectivity index (χ3v) is 3.54. The molecule has 19 heavy (non-hydrogen) atoms. The topological polar surface area (TPSA) is 90.2 Å². The molecule has 0 rings (SSSR count). The second-order valence-electron chi connectivity index (χ2n) is 4.38. The van der Waals surface area contributed by atoms with Gasteiger partial charge in [0.1, 0.15) is 0 Å². The summed E-state index contributed by atoms with van der Waals surface area (Å²) in [7, 11) is 0. The standard InChI is InChI=1S/C13H22N2O3S/c1-2-3-11(4-5-13(17)18)6-8-15-12(16)10-19-9-7-14/h11H,2-6,8-10H2,1H3,(H,15,16)(H,17,18). The first-order valence-corrected chi connectivity index (χ1v) is 7.68. The summed E-state index contributed by atoms with van der Waals surface area (Å²) < 4.78 is 0. The van der Waals surface area contributed by atoms with E-state index in [2.05, 4.69) is 12.2 Å². The fourth-order valence-electron chi connectivity index (χ4n) is 1.82. The van der Waals surface area contributed by atoms with Gasteiger partial charge in [-0.25, -0.2) is 0 Å². The molecule has 1 atom stereocenters. The lowest BCUT2D eigenvalue weighted by molar-refractivity contribution is -0.137. The van der Waals surface area contributed by atoms with Gasteiger partial charge in [0.25, 0.3) is 0 Å². The van der Waals surface area contributed by atoms with E-state index in [1.54, 1.807) is 0 Å². The Labute approximate surface area is 118 Å². The maximum absolute atomic E-state index is 11.4. The van der Waals surface area contributed by atoms with Crippen molar-refractivity contribution in [1.29, 1.82) is 5.26 Å². The van der Waals surface area contributed by atoms with Crippen molar-refractivity contribution in [2.45, 2.75) is 39.0 Å². The van der Waals surface area contributed by atoms with Crippen molar-refractivity contribution in [2.75, 3.05) is 18.1 Å². The van der Waals surface area contributed by atoms with Crippen molar-refractivity contribution in [3.05, 3.63) is 0 Å². The molecule has 6 heteroatoms. The minimum absolute atomic E-state index is 0.0614. The molecule has 0 aliphatic rings. The quantitative estimate of drug-likeness (QED) is 0.567. The molecule has 0 radical (unpaired) electrons. The highest BCUT2D eigenvalue weighted by Crippen LogP contribution is 2.17. The lowest BCUT2D eigenvalue weighted by Gasteiger charge is -2.15. The Balaban J connectivity index is 3.76. The first-order valence-electron chi connectivity index (χ1n) is 6.53. The second-order valence-corrected chi connectivity index (χ2v) is 5.36. The van der Waals surface area contributed by atoms with Crippen LogP contribution in [0.1, 0.15) is 39.0 Å². The lowest BCUT2D eigenvalue weighted by atomic mass is 9.94. The van der Waals surface area contributed by atoms with Crippen molar-refractivity contribution < 1.29 is 14.7 Å². The second kappa shape index (κ2) is 11.8. The van der Waals surface area contributed by atoms with Crippen molar-refractivity contribution in [3.8, 4) is 6.07 Å². The summed E-state index contributed by atoms with van der Waals surface area (Å²) in [5.74, 6) is 0.158. The number of hydrogen-bond acceptors (Lipinski definition) is 4. The van der Waals surface area contributed by atoms with Crippen LogP contribution in [0.25, 0.3) is 0 Å². The summed E-state index contributed by atoms with van der Waals surface area (Å²) in [5, 5.41) is 19.8.